The number of ether oxygens (including phenoxy) is 1. The molecule has 1 saturated carbocycles. The highest BCUT2D eigenvalue weighted by Gasteiger charge is 2.29. The van der Waals surface area contributed by atoms with E-state index >= 15 is 0 Å². The molecule has 8 nitrogen and oxygen atoms in total. The van der Waals surface area contributed by atoms with Gasteiger partial charge in [-0.15, -0.1) is 0 Å². The fourth-order valence-electron chi connectivity index (χ4n) is 5.79. The van der Waals surface area contributed by atoms with Crippen molar-refractivity contribution < 1.29 is 14.3 Å². The highest BCUT2D eigenvalue weighted by molar-refractivity contribution is 5.94. The summed E-state index contributed by atoms with van der Waals surface area (Å²) < 4.78 is 5.26. The minimum Gasteiger partial charge on any atom is -0.449 e. The summed E-state index contributed by atoms with van der Waals surface area (Å²) in [5, 5.41) is 7.16. The summed E-state index contributed by atoms with van der Waals surface area (Å²) in [6, 6.07) is 15.6. The Morgan fingerprint density at radius 1 is 1.07 bits per heavy atom. The zero-order valence-electron chi connectivity index (χ0n) is 24.9. The average Bonchev–Trinajstić information content (AvgIpc) is 2.94. The summed E-state index contributed by atoms with van der Waals surface area (Å²) in [7, 11) is 5.28. The minimum atomic E-state index is -0.320. The lowest BCUT2D eigenvalue weighted by molar-refractivity contribution is -0.123. The molecule has 40 heavy (non-hydrogen) atoms. The van der Waals surface area contributed by atoms with Gasteiger partial charge in [-0.1, -0.05) is 18.2 Å². The lowest BCUT2D eigenvalue weighted by Gasteiger charge is -2.33. The number of nitrogens with one attached hydrogen (secondary N) is 2. The SMILES string of the molecule is Cc1cc(N(C)C(=O)[C@H]2CC[C@H](Nc3cccc(CCOC(=O)N(C)C)c3)CC2)ccc1CN1CCN[C@@H](C)C1. The molecule has 2 amide bonds. The Kier molecular flexibility index (Phi) is 10.5. The van der Waals surface area contributed by atoms with Gasteiger partial charge in [0.05, 0.1) is 6.61 Å². The van der Waals surface area contributed by atoms with Crippen LogP contribution in [0, 0.1) is 12.8 Å². The van der Waals surface area contributed by atoms with Gasteiger partial charge in [-0.2, -0.15) is 0 Å². The molecule has 2 aliphatic rings. The average molecular weight is 550 g/mol. The van der Waals surface area contributed by atoms with E-state index in [2.05, 4.69) is 65.8 Å². The van der Waals surface area contributed by atoms with Crippen LogP contribution in [0.25, 0.3) is 0 Å². The zero-order chi connectivity index (χ0) is 28.6. The van der Waals surface area contributed by atoms with Crippen LogP contribution in [0.5, 0.6) is 0 Å². The monoisotopic (exact) mass is 549 g/mol. The molecule has 2 aromatic carbocycles. The molecule has 8 heteroatoms. The quantitative estimate of drug-likeness (QED) is 0.474. The molecule has 0 aromatic heterocycles. The Hall–Kier alpha value is -3.10. The van der Waals surface area contributed by atoms with E-state index in [1.165, 1.54) is 16.0 Å². The molecular formula is C32H47N5O3. The second kappa shape index (κ2) is 14.0. The van der Waals surface area contributed by atoms with E-state index in [0.29, 0.717) is 25.1 Å². The van der Waals surface area contributed by atoms with Crippen LogP contribution >= 0.6 is 0 Å². The van der Waals surface area contributed by atoms with E-state index in [4.69, 9.17) is 4.74 Å². The number of benzene rings is 2. The largest absolute Gasteiger partial charge is 0.449 e. The normalized spacial score (nSPS) is 21.5. The van der Waals surface area contributed by atoms with Crippen molar-refractivity contribution >= 4 is 23.4 Å². The van der Waals surface area contributed by atoms with E-state index in [1.807, 2.05) is 18.0 Å². The lowest BCUT2D eigenvalue weighted by Crippen LogP contribution is -2.48. The van der Waals surface area contributed by atoms with Gasteiger partial charge in [0.25, 0.3) is 0 Å². The highest BCUT2D eigenvalue weighted by Crippen LogP contribution is 2.30. The van der Waals surface area contributed by atoms with Crippen LogP contribution in [0.2, 0.25) is 0 Å². The van der Waals surface area contributed by atoms with Gasteiger partial charge in [-0.3, -0.25) is 9.69 Å². The molecule has 0 spiro atoms. The fraction of sp³-hybridized carbons (Fsp3) is 0.562. The van der Waals surface area contributed by atoms with Crippen molar-refractivity contribution in [2.24, 2.45) is 5.92 Å². The molecule has 4 rings (SSSR count). The topological polar surface area (TPSA) is 77.2 Å². The third-order valence-corrected chi connectivity index (χ3v) is 8.25. The third-order valence-electron chi connectivity index (χ3n) is 8.25. The Labute approximate surface area is 240 Å². The minimum absolute atomic E-state index is 0.0584. The Morgan fingerprint density at radius 2 is 1.85 bits per heavy atom. The van der Waals surface area contributed by atoms with E-state index in [1.54, 1.807) is 14.1 Å². The van der Waals surface area contributed by atoms with Gasteiger partial charge < -0.3 is 25.2 Å². The molecule has 0 bridgehead atoms. The number of aryl methyl sites for hydroxylation is 1. The summed E-state index contributed by atoms with van der Waals surface area (Å²) in [4.78, 5) is 30.8. The Bertz CT molecular complexity index is 1150. The number of piperazine rings is 1. The fourth-order valence-corrected chi connectivity index (χ4v) is 5.79. The molecule has 2 fully saturated rings. The van der Waals surface area contributed by atoms with Crippen LogP contribution in [0.3, 0.4) is 0 Å². The van der Waals surface area contributed by atoms with E-state index < -0.39 is 0 Å². The maximum atomic E-state index is 13.4. The summed E-state index contributed by atoms with van der Waals surface area (Å²) in [6.45, 7) is 8.89. The molecule has 1 aliphatic heterocycles. The standard InChI is InChI=1S/C32H47N5O3/c1-23-19-30(14-11-27(23)22-37-17-16-33-24(2)21-37)36(5)31(38)26-9-12-28(13-10-26)34-29-8-6-7-25(20-29)15-18-40-32(39)35(3)4/h6-8,11,14,19-20,24,26,28,33-34H,9-10,12-13,15-18,21-22H2,1-5H3/t24-,26-,28-/m0/s1. The van der Waals surface area contributed by atoms with Gasteiger partial charge in [-0.25, -0.2) is 4.79 Å². The Balaban J connectivity index is 1.24. The van der Waals surface area contributed by atoms with Crippen molar-refractivity contribution in [3.63, 3.8) is 0 Å². The first-order chi connectivity index (χ1) is 19.2. The van der Waals surface area contributed by atoms with Crippen LogP contribution in [0.15, 0.2) is 42.5 Å². The number of carbonyl (C=O) groups excluding carboxylic acids is 2. The number of rotatable bonds is 9. The molecule has 0 unspecified atom stereocenters. The molecule has 0 radical (unpaired) electrons. The van der Waals surface area contributed by atoms with E-state index in [-0.39, 0.29) is 17.9 Å². The highest BCUT2D eigenvalue weighted by atomic mass is 16.6. The maximum absolute atomic E-state index is 13.4. The summed E-state index contributed by atoms with van der Waals surface area (Å²) in [6.07, 6.45) is 4.07. The van der Waals surface area contributed by atoms with Crippen LogP contribution in [-0.4, -0.2) is 81.3 Å². The molecular weight excluding hydrogens is 502 g/mol. The van der Waals surface area contributed by atoms with Crippen molar-refractivity contribution in [2.75, 3.05) is 57.6 Å². The summed E-state index contributed by atoms with van der Waals surface area (Å²) >= 11 is 0. The number of carbonyl (C=O) groups is 2. The zero-order valence-corrected chi connectivity index (χ0v) is 24.9. The van der Waals surface area contributed by atoms with Crippen molar-refractivity contribution in [1.82, 2.24) is 15.1 Å². The predicted octanol–water partition coefficient (Wildman–Crippen LogP) is 4.66. The molecule has 1 heterocycles. The summed E-state index contributed by atoms with van der Waals surface area (Å²) in [5.74, 6) is 0.277. The molecule has 1 atom stereocenters. The van der Waals surface area contributed by atoms with Gasteiger partial charge in [-0.05, 0) is 80.5 Å². The lowest BCUT2D eigenvalue weighted by atomic mass is 9.85. The van der Waals surface area contributed by atoms with E-state index in [0.717, 1.165) is 68.8 Å². The maximum Gasteiger partial charge on any atom is 0.409 e. The van der Waals surface area contributed by atoms with Crippen molar-refractivity contribution in [1.29, 1.82) is 0 Å². The van der Waals surface area contributed by atoms with Gasteiger partial charge in [0, 0.05) is 83.1 Å². The first-order valence-electron chi connectivity index (χ1n) is 14.7. The van der Waals surface area contributed by atoms with Gasteiger partial charge in [0.1, 0.15) is 0 Å². The van der Waals surface area contributed by atoms with Crippen LogP contribution < -0.4 is 15.5 Å². The number of hydrogen-bond acceptors (Lipinski definition) is 6. The van der Waals surface area contributed by atoms with Crippen molar-refractivity contribution in [3.8, 4) is 0 Å². The van der Waals surface area contributed by atoms with Gasteiger partial charge in [0.2, 0.25) is 5.91 Å². The molecule has 2 N–H and O–H groups in total. The second-order valence-corrected chi connectivity index (χ2v) is 11.8. The third kappa shape index (κ3) is 8.21. The summed E-state index contributed by atoms with van der Waals surface area (Å²) in [5.41, 5.74) is 5.77. The van der Waals surface area contributed by atoms with Crippen LogP contribution in [-0.2, 0) is 22.5 Å². The smallest absolute Gasteiger partial charge is 0.409 e. The Morgan fingerprint density at radius 3 is 2.55 bits per heavy atom. The van der Waals surface area contributed by atoms with Crippen molar-refractivity contribution in [2.45, 2.75) is 64.6 Å². The van der Waals surface area contributed by atoms with Gasteiger partial charge >= 0.3 is 6.09 Å². The number of hydrogen-bond donors (Lipinski definition) is 2. The first-order valence-corrected chi connectivity index (χ1v) is 14.7. The number of amides is 2. The van der Waals surface area contributed by atoms with Crippen LogP contribution in [0.4, 0.5) is 16.2 Å². The first kappa shape index (κ1) is 29.9. The number of nitrogens with zero attached hydrogens (tertiary/aromatic N) is 3. The molecule has 218 valence electrons. The second-order valence-electron chi connectivity index (χ2n) is 11.8. The molecule has 1 aliphatic carbocycles. The molecule has 2 aromatic rings. The van der Waals surface area contributed by atoms with Crippen LogP contribution in [0.1, 0.15) is 49.3 Å². The number of anilines is 2. The van der Waals surface area contributed by atoms with E-state index in [9.17, 15) is 9.59 Å². The predicted molar refractivity (Wildman–Crippen MR) is 162 cm³/mol. The van der Waals surface area contributed by atoms with Gasteiger partial charge in [0.15, 0.2) is 0 Å². The van der Waals surface area contributed by atoms with Crippen molar-refractivity contribution in [3.05, 3.63) is 59.2 Å². The molecule has 1 saturated heterocycles.